The zero-order valence-electron chi connectivity index (χ0n) is 14.7. The van der Waals surface area contributed by atoms with Crippen LogP contribution in [0.15, 0.2) is 54.6 Å². The summed E-state index contributed by atoms with van der Waals surface area (Å²) >= 11 is 0. The number of rotatable bonds is 2. The fourth-order valence-electron chi connectivity index (χ4n) is 3.24. The summed E-state index contributed by atoms with van der Waals surface area (Å²) in [5.41, 5.74) is 10.2. The van der Waals surface area contributed by atoms with Crippen LogP contribution >= 0.6 is 0 Å². The summed E-state index contributed by atoms with van der Waals surface area (Å²) in [6, 6.07) is 23.0. The molecule has 0 unspecified atom stereocenters. The molecule has 0 aliphatic rings. The molecule has 1 heteroatoms. The summed E-state index contributed by atoms with van der Waals surface area (Å²) in [6.45, 7) is 8.67. The van der Waals surface area contributed by atoms with Crippen LogP contribution < -0.4 is 18.9 Å². The summed E-state index contributed by atoms with van der Waals surface area (Å²) in [4.78, 5) is 0. The van der Waals surface area contributed by atoms with Gasteiger partial charge in [0, 0.05) is 0 Å². The molecule has 0 heterocycles. The normalized spacial score (nSPS) is 10.3. The standard InChI is InChI=1S/C22H21.Li/c1-15-8-5-9-16(2)21(15)19-12-7-13-20(14-19)22-17(3)10-6-11-18(22)4;/h5-13H,1-4H3;/q-1;+1. The van der Waals surface area contributed by atoms with E-state index in [2.05, 4.69) is 88.4 Å². The van der Waals surface area contributed by atoms with Crippen molar-refractivity contribution in [2.45, 2.75) is 27.7 Å². The van der Waals surface area contributed by atoms with E-state index in [9.17, 15) is 0 Å². The Labute approximate surface area is 151 Å². The molecule has 0 fully saturated rings. The van der Waals surface area contributed by atoms with Gasteiger partial charge in [0.25, 0.3) is 0 Å². The molecule has 0 atom stereocenters. The molecular weight excluding hydrogens is 271 g/mol. The van der Waals surface area contributed by atoms with Gasteiger partial charge in [0.2, 0.25) is 0 Å². The zero-order valence-corrected chi connectivity index (χ0v) is 14.7. The molecule has 23 heavy (non-hydrogen) atoms. The van der Waals surface area contributed by atoms with Crippen LogP contribution in [0.25, 0.3) is 22.3 Å². The molecule has 3 aromatic rings. The predicted octanol–water partition coefficient (Wildman–Crippen LogP) is 3.06. The van der Waals surface area contributed by atoms with Crippen molar-refractivity contribution in [1.29, 1.82) is 0 Å². The fourth-order valence-corrected chi connectivity index (χ4v) is 3.24. The van der Waals surface area contributed by atoms with Crippen molar-refractivity contribution in [3.63, 3.8) is 0 Å². The Bertz CT molecular complexity index is 724. The van der Waals surface area contributed by atoms with Crippen molar-refractivity contribution in [3.05, 3.63) is 82.9 Å². The second-order valence-electron chi connectivity index (χ2n) is 6.01. The SMILES string of the molecule is Cc1cccc(C)c1-c1[c-]c(-c2c(C)cccc2C)ccc1.[Li+]. The maximum Gasteiger partial charge on any atom is 1.00 e. The molecule has 0 aliphatic carbocycles. The third-order valence-electron chi connectivity index (χ3n) is 4.30. The molecule has 0 aliphatic heterocycles. The molecule has 0 spiro atoms. The minimum Gasteiger partial charge on any atom is -0.129 e. The van der Waals surface area contributed by atoms with E-state index in [0.29, 0.717) is 0 Å². The topological polar surface area (TPSA) is 0 Å². The van der Waals surface area contributed by atoms with Crippen molar-refractivity contribution in [1.82, 2.24) is 0 Å². The number of hydrogen-bond donors (Lipinski definition) is 0. The number of benzene rings is 3. The number of aryl methyl sites for hydroxylation is 4. The summed E-state index contributed by atoms with van der Waals surface area (Å²) < 4.78 is 0. The van der Waals surface area contributed by atoms with Gasteiger partial charge >= 0.3 is 18.9 Å². The fraction of sp³-hybridized carbons (Fsp3) is 0.182. The van der Waals surface area contributed by atoms with Gasteiger partial charge in [0.1, 0.15) is 0 Å². The van der Waals surface area contributed by atoms with Gasteiger partial charge in [-0.25, -0.2) is 0 Å². The largest absolute Gasteiger partial charge is 1.00 e. The van der Waals surface area contributed by atoms with Crippen LogP contribution in [0.4, 0.5) is 0 Å². The van der Waals surface area contributed by atoms with E-state index in [4.69, 9.17) is 0 Å². The molecule has 0 N–H and O–H groups in total. The second-order valence-corrected chi connectivity index (χ2v) is 6.01. The van der Waals surface area contributed by atoms with E-state index < -0.39 is 0 Å². The van der Waals surface area contributed by atoms with Gasteiger partial charge in [-0.15, -0.1) is 35.4 Å². The Morgan fingerprint density at radius 2 is 0.826 bits per heavy atom. The van der Waals surface area contributed by atoms with Crippen LogP contribution in [-0.2, 0) is 0 Å². The molecule has 0 amide bonds. The van der Waals surface area contributed by atoms with Crippen LogP contribution in [0, 0.1) is 33.8 Å². The third kappa shape index (κ3) is 3.45. The van der Waals surface area contributed by atoms with Gasteiger partial charge in [-0.05, 0) is 27.7 Å². The second kappa shape index (κ2) is 7.22. The Morgan fingerprint density at radius 1 is 0.522 bits per heavy atom. The minimum absolute atomic E-state index is 0. The molecule has 0 nitrogen and oxygen atoms in total. The predicted molar refractivity (Wildman–Crippen MR) is 95.1 cm³/mol. The van der Waals surface area contributed by atoms with Crippen LogP contribution in [0.1, 0.15) is 22.3 Å². The third-order valence-corrected chi connectivity index (χ3v) is 4.30. The van der Waals surface area contributed by atoms with Crippen molar-refractivity contribution < 1.29 is 18.9 Å². The first-order valence-electron chi connectivity index (χ1n) is 7.73. The van der Waals surface area contributed by atoms with Gasteiger partial charge in [0.05, 0.1) is 0 Å². The quantitative estimate of drug-likeness (QED) is 0.503. The Balaban J connectivity index is 0.00000192. The van der Waals surface area contributed by atoms with Crippen LogP contribution in [-0.4, -0.2) is 0 Å². The van der Waals surface area contributed by atoms with Crippen molar-refractivity contribution in [2.75, 3.05) is 0 Å². The minimum atomic E-state index is 0. The smallest absolute Gasteiger partial charge is 0.129 e. The zero-order chi connectivity index (χ0) is 15.7. The maximum absolute atomic E-state index is 3.64. The van der Waals surface area contributed by atoms with Gasteiger partial charge in [-0.2, -0.15) is 0 Å². The van der Waals surface area contributed by atoms with Crippen molar-refractivity contribution in [2.24, 2.45) is 0 Å². The van der Waals surface area contributed by atoms with Gasteiger partial charge in [-0.1, -0.05) is 69.8 Å². The Morgan fingerprint density at radius 3 is 1.17 bits per heavy atom. The van der Waals surface area contributed by atoms with E-state index >= 15 is 0 Å². The molecular formula is C22H21Li. The van der Waals surface area contributed by atoms with E-state index in [1.165, 1.54) is 44.5 Å². The van der Waals surface area contributed by atoms with Crippen LogP contribution in [0.5, 0.6) is 0 Å². The van der Waals surface area contributed by atoms with Gasteiger partial charge in [0.15, 0.2) is 0 Å². The molecule has 0 saturated carbocycles. The molecule has 0 aromatic heterocycles. The monoisotopic (exact) mass is 292 g/mol. The number of hydrogen-bond acceptors (Lipinski definition) is 0. The van der Waals surface area contributed by atoms with E-state index in [1.54, 1.807) is 0 Å². The molecule has 0 radical (unpaired) electrons. The molecule has 0 saturated heterocycles. The average molecular weight is 292 g/mol. The maximum atomic E-state index is 3.64. The average Bonchev–Trinajstić information content (AvgIpc) is 2.47. The first-order chi connectivity index (χ1) is 10.6. The molecule has 0 bridgehead atoms. The summed E-state index contributed by atoms with van der Waals surface area (Å²) in [5, 5.41) is 0. The Kier molecular flexibility index (Phi) is 5.53. The van der Waals surface area contributed by atoms with Crippen LogP contribution in [0.2, 0.25) is 0 Å². The van der Waals surface area contributed by atoms with E-state index in [1.807, 2.05) is 0 Å². The summed E-state index contributed by atoms with van der Waals surface area (Å²) in [7, 11) is 0. The first kappa shape index (κ1) is 17.6. The molecule has 3 rings (SSSR count). The van der Waals surface area contributed by atoms with Gasteiger partial charge < -0.3 is 0 Å². The summed E-state index contributed by atoms with van der Waals surface area (Å²) in [5.74, 6) is 0. The van der Waals surface area contributed by atoms with Crippen LogP contribution in [0.3, 0.4) is 0 Å². The first-order valence-corrected chi connectivity index (χ1v) is 7.73. The van der Waals surface area contributed by atoms with Crippen molar-refractivity contribution >= 4 is 0 Å². The molecule has 3 aromatic carbocycles. The van der Waals surface area contributed by atoms with Crippen molar-refractivity contribution in [3.8, 4) is 22.3 Å². The van der Waals surface area contributed by atoms with E-state index in [-0.39, 0.29) is 18.9 Å². The Hall–Kier alpha value is -1.74. The van der Waals surface area contributed by atoms with E-state index in [0.717, 1.165) is 0 Å². The molecule has 110 valence electrons. The summed E-state index contributed by atoms with van der Waals surface area (Å²) in [6.07, 6.45) is 0. The van der Waals surface area contributed by atoms with Gasteiger partial charge in [-0.3, -0.25) is 0 Å².